The largest absolute Gasteiger partial charge is 0.506 e. The van der Waals surface area contributed by atoms with Gasteiger partial charge in [0, 0.05) is 5.39 Å². The van der Waals surface area contributed by atoms with Crippen LogP contribution in [-0.2, 0) is 19.5 Å². The Labute approximate surface area is 158 Å². The second-order valence-corrected chi connectivity index (χ2v) is 7.35. The Morgan fingerprint density at radius 2 is 1.70 bits per heavy atom. The highest BCUT2D eigenvalue weighted by molar-refractivity contribution is 7.96. The quantitative estimate of drug-likeness (QED) is 0.151. The number of hydrogen-bond acceptors (Lipinski definition) is 9. The van der Waals surface area contributed by atoms with E-state index in [1.165, 1.54) is 34.7 Å². The molecule has 3 aromatic carbocycles. The lowest BCUT2D eigenvalue weighted by Gasteiger charge is -2.24. The predicted octanol–water partition coefficient (Wildman–Crippen LogP) is 3.61. The van der Waals surface area contributed by atoms with E-state index < -0.39 is 10.1 Å². The van der Waals surface area contributed by atoms with Gasteiger partial charge in [0.15, 0.2) is 12.2 Å². The Morgan fingerprint density at radius 3 is 2.37 bits per heavy atom. The van der Waals surface area contributed by atoms with Crippen molar-refractivity contribution >= 4 is 44.5 Å². The lowest BCUT2D eigenvalue weighted by molar-refractivity contribution is -0.432. The molecule has 0 aliphatic carbocycles. The Bertz CT molecular complexity index is 1040. The van der Waals surface area contributed by atoms with E-state index >= 15 is 0 Å². The molecule has 4 N–H and O–H groups in total. The van der Waals surface area contributed by atoms with Crippen molar-refractivity contribution in [1.29, 1.82) is 0 Å². The molecule has 0 saturated heterocycles. The number of anilines is 2. The molecule has 0 saturated carbocycles. The molecule has 142 valence electrons. The maximum atomic E-state index is 11.1. The maximum Gasteiger partial charge on any atom is 0.294 e. The number of nitrogens with one attached hydrogen (secondary N) is 1. The van der Waals surface area contributed by atoms with Crippen molar-refractivity contribution in [2.75, 3.05) is 9.84 Å². The van der Waals surface area contributed by atoms with Gasteiger partial charge in [-0.05, 0) is 35.7 Å². The van der Waals surface area contributed by atoms with Gasteiger partial charge in [-0.25, -0.2) is 5.26 Å². The van der Waals surface area contributed by atoms with Crippen LogP contribution in [0.25, 0.3) is 10.8 Å². The number of hydrogen-bond donors (Lipinski definition) is 4. The van der Waals surface area contributed by atoms with Crippen LogP contribution >= 0.6 is 12.2 Å². The number of nitrogens with zero attached hydrogens (tertiary/aromatic N) is 1. The molecule has 0 radical (unpaired) electrons. The van der Waals surface area contributed by atoms with Crippen molar-refractivity contribution in [1.82, 2.24) is 0 Å². The molecular weight excluding hydrogens is 396 g/mol. The van der Waals surface area contributed by atoms with Crippen LogP contribution in [0, 0.1) is 0 Å². The molecule has 27 heavy (non-hydrogen) atoms. The number of aromatic hydroxyl groups is 1. The van der Waals surface area contributed by atoms with Crippen molar-refractivity contribution in [3.8, 4) is 5.75 Å². The Kier molecular flexibility index (Phi) is 5.70. The molecule has 9 nitrogen and oxygen atoms in total. The van der Waals surface area contributed by atoms with Gasteiger partial charge in [-0.3, -0.25) is 9.98 Å². The highest BCUT2D eigenvalue weighted by Gasteiger charge is 2.18. The van der Waals surface area contributed by atoms with Crippen LogP contribution in [0.3, 0.4) is 0 Å². The number of benzene rings is 3. The van der Waals surface area contributed by atoms with Crippen molar-refractivity contribution < 1.29 is 32.7 Å². The normalized spacial score (nSPS) is 11.5. The van der Waals surface area contributed by atoms with Crippen molar-refractivity contribution in [2.45, 2.75) is 4.90 Å². The van der Waals surface area contributed by atoms with Gasteiger partial charge in [0.05, 0.1) is 10.6 Å². The second kappa shape index (κ2) is 8.00. The SMILES string of the molecule is O=S(=O)(O)c1ccc(NN(SOOO)c2c(O)ccc3ccccc23)cc1. The summed E-state index contributed by atoms with van der Waals surface area (Å²) < 4.78 is 37.1. The highest BCUT2D eigenvalue weighted by Crippen LogP contribution is 2.39. The van der Waals surface area contributed by atoms with Crippen LogP contribution in [0.4, 0.5) is 11.4 Å². The number of phenols is 1. The summed E-state index contributed by atoms with van der Waals surface area (Å²) in [6, 6.07) is 15.7. The molecule has 0 fully saturated rings. The molecule has 0 aliphatic heterocycles. The van der Waals surface area contributed by atoms with Gasteiger partial charge < -0.3 is 5.11 Å². The van der Waals surface area contributed by atoms with Gasteiger partial charge in [-0.1, -0.05) is 35.4 Å². The predicted molar refractivity (Wildman–Crippen MR) is 100 cm³/mol. The van der Waals surface area contributed by atoms with Crippen LogP contribution in [0.5, 0.6) is 5.75 Å². The fourth-order valence-corrected chi connectivity index (χ4v) is 3.41. The van der Waals surface area contributed by atoms with E-state index in [1.54, 1.807) is 18.2 Å². The average molecular weight is 410 g/mol. The van der Waals surface area contributed by atoms with Crippen molar-refractivity contribution in [2.24, 2.45) is 0 Å². The molecule has 3 aromatic rings. The molecule has 0 aromatic heterocycles. The monoisotopic (exact) mass is 410 g/mol. The fraction of sp³-hybridized carbons (Fsp3) is 0. The van der Waals surface area contributed by atoms with Gasteiger partial charge >= 0.3 is 0 Å². The van der Waals surface area contributed by atoms with Crippen LogP contribution in [-0.4, -0.2) is 23.3 Å². The van der Waals surface area contributed by atoms with E-state index in [0.29, 0.717) is 29.0 Å². The Hall–Kier alpha value is -2.54. The first-order valence-electron chi connectivity index (χ1n) is 7.40. The minimum absolute atomic E-state index is 0.0789. The molecule has 0 aliphatic rings. The Morgan fingerprint density at radius 1 is 1.00 bits per heavy atom. The molecule has 0 amide bonds. The number of rotatable bonds is 7. The standard InChI is InChI=1S/C16H14N2O7S2/c19-15-10-5-11-3-1-2-4-14(11)16(15)18(26-25-24-20)17-12-6-8-13(9-7-12)27(21,22)23/h1-10,17,19-20H,(H,21,22,23). The van der Waals surface area contributed by atoms with E-state index in [4.69, 9.17) is 9.81 Å². The molecule has 0 bridgehead atoms. The van der Waals surface area contributed by atoms with Gasteiger partial charge in [0.2, 0.25) is 0 Å². The third kappa shape index (κ3) is 4.42. The van der Waals surface area contributed by atoms with Crippen molar-refractivity contribution in [3.63, 3.8) is 0 Å². The van der Waals surface area contributed by atoms with E-state index in [1.807, 2.05) is 12.1 Å². The number of phenolic OH excluding ortho intramolecular Hbond substituents is 1. The topological polar surface area (TPSA) is 129 Å². The van der Waals surface area contributed by atoms with E-state index in [9.17, 15) is 13.5 Å². The summed E-state index contributed by atoms with van der Waals surface area (Å²) in [6.45, 7) is 0. The smallest absolute Gasteiger partial charge is 0.294 e. The summed E-state index contributed by atoms with van der Waals surface area (Å²) >= 11 is 0.531. The zero-order valence-corrected chi connectivity index (χ0v) is 15.1. The van der Waals surface area contributed by atoms with Gasteiger partial charge in [0.1, 0.15) is 11.4 Å². The maximum absolute atomic E-state index is 11.1. The summed E-state index contributed by atoms with van der Waals surface area (Å²) in [7, 11) is -4.31. The first-order valence-corrected chi connectivity index (χ1v) is 9.54. The third-order valence-electron chi connectivity index (χ3n) is 3.60. The zero-order chi connectivity index (χ0) is 19.4. The first-order chi connectivity index (χ1) is 12.9. The fourth-order valence-electron chi connectivity index (χ4n) is 2.43. The highest BCUT2D eigenvalue weighted by atomic mass is 32.2. The van der Waals surface area contributed by atoms with E-state index in [0.717, 1.165) is 5.39 Å². The first kappa shape index (κ1) is 19.2. The second-order valence-electron chi connectivity index (χ2n) is 5.28. The molecule has 11 heteroatoms. The molecule has 3 rings (SSSR count). The molecule has 0 heterocycles. The summed E-state index contributed by atoms with van der Waals surface area (Å²) in [6.07, 6.45) is 0. The molecule has 0 atom stereocenters. The molecular formula is C16H14N2O7S2. The van der Waals surface area contributed by atoms with Crippen LogP contribution in [0.1, 0.15) is 0 Å². The van der Waals surface area contributed by atoms with Crippen LogP contribution in [0.2, 0.25) is 0 Å². The van der Waals surface area contributed by atoms with E-state index in [2.05, 4.69) is 14.8 Å². The van der Waals surface area contributed by atoms with Gasteiger partial charge in [0.25, 0.3) is 10.1 Å². The lowest BCUT2D eigenvalue weighted by atomic mass is 10.1. The summed E-state index contributed by atoms with van der Waals surface area (Å²) in [5.74, 6) is -0.0789. The average Bonchev–Trinajstić information content (AvgIpc) is 2.65. The number of hydrazine groups is 1. The van der Waals surface area contributed by atoms with Crippen LogP contribution in [0.15, 0.2) is 65.6 Å². The summed E-state index contributed by atoms with van der Waals surface area (Å²) in [5, 5.41) is 24.0. The minimum atomic E-state index is -4.31. The van der Waals surface area contributed by atoms with E-state index in [-0.39, 0.29) is 10.6 Å². The van der Waals surface area contributed by atoms with Gasteiger partial charge in [-0.2, -0.15) is 12.8 Å². The molecule has 0 unspecified atom stereocenters. The lowest BCUT2D eigenvalue weighted by Crippen LogP contribution is -2.23. The number of fused-ring (bicyclic) bond motifs is 1. The van der Waals surface area contributed by atoms with Crippen LogP contribution < -0.4 is 9.84 Å². The van der Waals surface area contributed by atoms with Gasteiger partial charge in [-0.15, -0.1) is 4.33 Å². The van der Waals surface area contributed by atoms with Crippen molar-refractivity contribution in [3.05, 3.63) is 60.7 Å². The zero-order valence-electron chi connectivity index (χ0n) is 13.5. The minimum Gasteiger partial charge on any atom is -0.506 e. The Balaban J connectivity index is 1.99. The summed E-state index contributed by atoms with van der Waals surface area (Å²) in [4.78, 5) is -0.268. The molecule has 0 spiro atoms. The third-order valence-corrected chi connectivity index (χ3v) is 5.01. The summed E-state index contributed by atoms with van der Waals surface area (Å²) in [5.41, 5.74) is 3.61.